The maximum atomic E-state index is 12.6. The fourth-order valence-electron chi connectivity index (χ4n) is 6.76. The van der Waals surface area contributed by atoms with Crippen molar-refractivity contribution in [2.24, 2.45) is 5.41 Å². The Balaban J connectivity index is 1.26. The number of fused-ring (bicyclic) bond motifs is 1. The van der Waals surface area contributed by atoms with Crippen molar-refractivity contribution in [3.8, 4) is 5.75 Å². The smallest absolute Gasteiger partial charge is 0.232 e. The SMILES string of the molecule is CCc1cc(Nc2ncc(Br)c(Nc3ccc4nccnc4c3N(C)S(C)(=O)=O)n2)c(OC)cc1N1CCC2(CC1)CC(N(C)C)C2. The molecule has 1 aliphatic heterocycles. The van der Waals surface area contributed by atoms with E-state index in [2.05, 4.69) is 84.5 Å². The number of anilines is 6. The van der Waals surface area contributed by atoms with Gasteiger partial charge in [-0.05, 0) is 91.3 Å². The first-order chi connectivity index (χ1) is 22.4. The maximum Gasteiger partial charge on any atom is 0.232 e. The minimum absolute atomic E-state index is 0.350. The van der Waals surface area contributed by atoms with E-state index in [1.165, 1.54) is 54.5 Å². The number of methoxy groups -OCH3 is 1. The molecule has 0 unspecified atom stereocenters. The number of aromatic nitrogens is 4. The van der Waals surface area contributed by atoms with Gasteiger partial charge in [-0.25, -0.2) is 13.4 Å². The van der Waals surface area contributed by atoms with Crippen molar-refractivity contribution in [3.63, 3.8) is 0 Å². The van der Waals surface area contributed by atoms with Gasteiger partial charge < -0.3 is 25.2 Å². The lowest BCUT2D eigenvalue weighted by Gasteiger charge is -2.54. The number of halogens is 1. The Hall–Kier alpha value is -3.75. The molecule has 2 N–H and O–H groups in total. The number of hydrogen-bond donors (Lipinski definition) is 2. The Bertz CT molecular complexity index is 1890. The molecule has 3 heterocycles. The predicted molar refractivity (Wildman–Crippen MR) is 192 cm³/mol. The summed E-state index contributed by atoms with van der Waals surface area (Å²) in [6.45, 7) is 4.26. The van der Waals surface area contributed by atoms with Crippen LogP contribution in [0.4, 0.5) is 34.5 Å². The number of ether oxygens (including phenoxy) is 1. The van der Waals surface area contributed by atoms with Gasteiger partial charge in [0.2, 0.25) is 16.0 Å². The van der Waals surface area contributed by atoms with E-state index in [0.717, 1.165) is 31.5 Å². The first-order valence-electron chi connectivity index (χ1n) is 15.8. The third-order valence-electron chi connectivity index (χ3n) is 9.68. The van der Waals surface area contributed by atoms with Gasteiger partial charge in [0.05, 0.1) is 34.7 Å². The molecule has 14 heteroatoms. The summed E-state index contributed by atoms with van der Waals surface area (Å²) in [5.41, 5.74) is 5.58. The zero-order chi connectivity index (χ0) is 33.5. The highest BCUT2D eigenvalue weighted by Gasteiger charge is 2.46. The molecule has 4 aromatic rings. The highest BCUT2D eigenvalue weighted by molar-refractivity contribution is 9.10. The third-order valence-corrected chi connectivity index (χ3v) is 11.4. The topological polar surface area (TPSA) is 129 Å². The van der Waals surface area contributed by atoms with Gasteiger partial charge in [0, 0.05) is 56.5 Å². The van der Waals surface area contributed by atoms with Gasteiger partial charge in [-0.3, -0.25) is 14.3 Å². The van der Waals surface area contributed by atoms with Crippen molar-refractivity contribution >= 4 is 71.5 Å². The Morgan fingerprint density at radius 2 is 1.77 bits per heavy atom. The van der Waals surface area contributed by atoms with Crippen LogP contribution in [-0.2, 0) is 16.4 Å². The van der Waals surface area contributed by atoms with Crippen molar-refractivity contribution in [2.75, 3.05) is 67.4 Å². The zero-order valence-corrected chi connectivity index (χ0v) is 30.1. The van der Waals surface area contributed by atoms with Crippen molar-refractivity contribution in [2.45, 2.75) is 45.1 Å². The second kappa shape index (κ2) is 13.0. The first-order valence-corrected chi connectivity index (χ1v) is 18.4. The van der Waals surface area contributed by atoms with Crippen LogP contribution in [-0.4, -0.2) is 86.9 Å². The van der Waals surface area contributed by atoms with Crippen LogP contribution in [0.2, 0.25) is 0 Å². The van der Waals surface area contributed by atoms with Gasteiger partial charge in [0.15, 0.2) is 0 Å². The number of hydrogen-bond acceptors (Lipinski definition) is 11. The van der Waals surface area contributed by atoms with Gasteiger partial charge in [-0.2, -0.15) is 4.98 Å². The van der Waals surface area contributed by atoms with Crippen LogP contribution in [0.5, 0.6) is 5.75 Å². The second-order valence-electron chi connectivity index (χ2n) is 12.8. The number of piperidine rings is 1. The standard InChI is InChI=1S/C33H42BrN9O3S/c1-7-21-16-26(28(46-5)17-27(21)43-14-10-33(11-15-43)18-22(19-33)41(2)3)39-32-37-20-23(34)31(40-32)38-25-9-8-24-29(36-13-12-35-24)30(25)42(4)47(6,44)45/h8-9,12-13,16-17,20,22H,7,10-11,14-15,18-19H2,1-6H3,(H2,37,38,39,40). The molecule has 2 fully saturated rings. The van der Waals surface area contributed by atoms with E-state index in [1.807, 2.05) is 0 Å². The zero-order valence-electron chi connectivity index (χ0n) is 27.7. The molecule has 47 heavy (non-hydrogen) atoms. The minimum atomic E-state index is -3.61. The van der Waals surface area contributed by atoms with E-state index in [0.29, 0.717) is 55.9 Å². The molecule has 0 bridgehead atoms. The van der Waals surface area contributed by atoms with E-state index >= 15 is 0 Å². The quantitative estimate of drug-likeness (QED) is 0.202. The predicted octanol–water partition coefficient (Wildman–Crippen LogP) is 5.95. The number of nitrogens with one attached hydrogen (secondary N) is 2. The number of rotatable bonds is 10. The van der Waals surface area contributed by atoms with Crippen molar-refractivity contribution in [3.05, 3.63) is 52.9 Å². The maximum absolute atomic E-state index is 12.6. The molecule has 6 rings (SSSR count). The fraction of sp³-hybridized carbons (Fsp3) is 0.455. The molecule has 1 saturated carbocycles. The highest BCUT2D eigenvalue weighted by Crippen LogP contribution is 2.51. The summed E-state index contributed by atoms with van der Waals surface area (Å²) in [6.07, 6.45) is 11.8. The molecule has 1 aliphatic carbocycles. The van der Waals surface area contributed by atoms with Crippen LogP contribution in [0.15, 0.2) is 47.3 Å². The van der Waals surface area contributed by atoms with Gasteiger partial charge in [-0.1, -0.05) is 6.92 Å². The van der Waals surface area contributed by atoms with Crippen molar-refractivity contribution in [1.29, 1.82) is 0 Å². The minimum Gasteiger partial charge on any atom is -0.494 e. The van der Waals surface area contributed by atoms with Crippen molar-refractivity contribution < 1.29 is 13.2 Å². The van der Waals surface area contributed by atoms with Gasteiger partial charge >= 0.3 is 0 Å². The van der Waals surface area contributed by atoms with Crippen LogP contribution >= 0.6 is 15.9 Å². The van der Waals surface area contributed by atoms with Gasteiger partial charge in [0.1, 0.15) is 22.8 Å². The Labute approximate surface area is 285 Å². The van der Waals surface area contributed by atoms with Crippen LogP contribution < -0.4 is 24.6 Å². The average Bonchev–Trinajstić information content (AvgIpc) is 3.04. The lowest BCUT2D eigenvalue weighted by Crippen LogP contribution is -2.53. The monoisotopic (exact) mass is 723 g/mol. The molecule has 1 saturated heterocycles. The molecule has 1 spiro atoms. The summed E-state index contributed by atoms with van der Waals surface area (Å²) in [6, 6.07) is 8.52. The first kappa shape index (κ1) is 33.2. The van der Waals surface area contributed by atoms with Gasteiger partial charge in [0.25, 0.3) is 0 Å². The number of nitrogens with zero attached hydrogens (tertiary/aromatic N) is 7. The Morgan fingerprint density at radius 3 is 2.43 bits per heavy atom. The van der Waals surface area contributed by atoms with Crippen LogP contribution in [0.1, 0.15) is 38.2 Å². The molecular weight excluding hydrogens is 682 g/mol. The lowest BCUT2D eigenvalue weighted by atomic mass is 9.60. The van der Waals surface area contributed by atoms with Gasteiger partial charge in [-0.15, -0.1) is 0 Å². The molecule has 2 aromatic carbocycles. The normalized spacial score (nSPS) is 16.4. The number of aryl methyl sites for hydroxylation is 1. The Morgan fingerprint density at radius 1 is 1.04 bits per heavy atom. The molecule has 0 amide bonds. The van der Waals surface area contributed by atoms with Crippen LogP contribution in [0, 0.1) is 5.41 Å². The summed E-state index contributed by atoms with van der Waals surface area (Å²) in [5.74, 6) is 1.50. The summed E-state index contributed by atoms with van der Waals surface area (Å²) in [5, 5.41) is 6.65. The van der Waals surface area contributed by atoms with Crippen LogP contribution in [0.3, 0.4) is 0 Å². The number of benzene rings is 2. The second-order valence-corrected chi connectivity index (χ2v) is 15.7. The number of sulfonamides is 1. The van der Waals surface area contributed by atoms with Crippen molar-refractivity contribution in [1.82, 2.24) is 24.8 Å². The summed E-state index contributed by atoms with van der Waals surface area (Å²) >= 11 is 3.55. The molecular formula is C33H42BrN9O3S. The molecule has 12 nitrogen and oxygen atoms in total. The average molecular weight is 725 g/mol. The van der Waals surface area contributed by atoms with E-state index in [9.17, 15) is 8.42 Å². The molecule has 250 valence electrons. The van der Waals surface area contributed by atoms with E-state index in [4.69, 9.17) is 9.72 Å². The molecule has 0 atom stereocenters. The largest absolute Gasteiger partial charge is 0.494 e. The van der Waals surface area contributed by atoms with E-state index in [-0.39, 0.29) is 0 Å². The summed E-state index contributed by atoms with van der Waals surface area (Å²) in [7, 11) is 3.94. The highest BCUT2D eigenvalue weighted by atomic mass is 79.9. The lowest BCUT2D eigenvalue weighted by molar-refractivity contribution is 0.00488. The van der Waals surface area contributed by atoms with E-state index in [1.54, 1.807) is 31.6 Å². The fourth-order valence-corrected chi connectivity index (χ4v) is 7.57. The van der Waals surface area contributed by atoms with Crippen LogP contribution in [0.25, 0.3) is 11.0 Å². The summed E-state index contributed by atoms with van der Waals surface area (Å²) < 4.78 is 32.9. The third kappa shape index (κ3) is 6.68. The summed E-state index contributed by atoms with van der Waals surface area (Å²) in [4.78, 5) is 22.9. The molecule has 0 radical (unpaired) electrons. The molecule has 2 aliphatic rings. The Kier molecular flexibility index (Phi) is 9.20. The van der Waals surface area contributed by atoms with E-state index < -0.39 is 10.0 Å². The molecule has 2 aromatic heterocycles.